The maximum Gasteiger partial charge on any atom is 0.242 e. The zero-order chi connectivity index (χ0) is 17.4. The molecule has 0 spiro atoms. The molecule has 128 valence electrons. The molecule has 0 saturated heterocycles. The molecule has 1 aromatic carbocycles. The second kappa shape index (κ2) is 5.99. The first-order valence-corrected chi connectivity index (χ1v) is 8.70. The fraction of sp³-hybridized carbons (Fsp3) is 0.350. The molecule has 2 heterocycles. The van der Waals surface area contributed by atoms with E-state index in [0.717, 1.165) is 17.7 Å². The maximum atomic E-state index is 13.2. The van der Waals surface area contributed by atoms with Crippen molar-refractivity contribution in [2.75, 3.05) is 4.90 Å². The van der Waals surface area contributed by atoms with E-state index in [0.29, 0.717) is 19.4 Å². The van der Waals surface area contributed by atoms with E-state index in [-0.39, 0.29) is 17.9 Å². The van der Waals surface area contributed by atoms with Crippen LogP contribution < -0.4 is 10.2 Å². The molecule has 1 aromatic heterocycles. The van der Waals surface area contributed by atoms with Gasteiger partial charge in [0, 0.05) is 30.7 Å². The van der Waals surface area contributed by atoms with Crippen LogP contribution in [0.15, 0.2) is 48.8 Å². The van der Waals surface area contributed by atoms with Crippen LogP contribution in [0, 0.1) is 5.41 Å². The minimum absolute atomic E-state index is 0.0614. The third kappa shape index (κ3) is 2.69. The molecule has 25 heavy (non-hydrogen) atoms. The van der Waals surface area contributed by atoms with Gasteiger partial charge in [-0.1, -0.05) is 24.3 Å². The molecule has 0 radical (unpaired) electrons. The first-order valence-electron chi connectivity index (χ1n) is 8.70. The molecule has 4 rings (SSSR count). The normalized spacial score (nSPS) is 20.0. The Balaban J connectivity index is 1.51. The van der Waals surface area contributed by atoms with Gasteiger partial charge in [0.1, 0.15) is 5.41 Å². The summed E-state index contributed by atoms with van der Waals surface area (Å²) in [5.41, 5.74) is 2.16. The summed E-state index contributed by atoms with van der Waals surface area (Å²) >= 11 is 0. The molecule has 1 atom stereocenters. The molecule has 2 aromatic rings. The van der Waals surface area contributed by atoms with E-state index in [1.54, 1.807) is 12.4 Å². The molecule has 1 aliphatic carbocycles. The lowest BCUT2D eigenvalue weighted by Gasteiger charge is -2.27. The number of nitrogens with zero attached hydrogens (tertiary/aromatic N) is 2. The third-order valence-corrected chi connectivity index (χ3v) is 5.20. The lowest BCUT2D eigenvalue weighted by Crippen LogP contribution is -2.47. The van der Waals surface area contributed by atoms with Crippen molar-refractivity contribution in [2.24, 2.45) is 5.41 Å². The molecule has 2 aliphatic rings. The number of aromatic nitrogens is 1. The van der Waals surface area contributed by atoms with Crippen LogP contribution in [0.1, 0.15) is 30.9 Å². The fourth-order valence-electron chi connectivity index (χ4n) is 3.62. The monoisotopic (exact) mass is 335 g/mol. The van der Waals surface area contributed by atoms with E-state index in [2.05, 4.69) is 16.4 Å². The Hall–Kier alpha value is -2.69. The standard InChI is InChI=1S/C20H21N3O2/c1-14-11-16-6-2-3-7-17(16)23(14)19(25)20(8-9-20)18(24)22-13-15-5-4-10-21-12-15/h2-7,10,12,14H,8-9,11,13H2,1H3,(H,22,24). The minimum Gasteiger partial charge on any atom is -0.351 e. The predicted octanol–water partition coefficient (Wildman–Crippen LogP) is 2.46. The third-order valence-electron chi connectivity index (χ3n) is 5.20. The van der Waals surface area contributed by atoms with Crippen molar-refractivity contribution in [2.45, 2.75) is 38.8 Å². The Morgan fingerprint density at radius 2 is 2.04 bits per heavy atom. The number of pyridine rings is 1. The van der Waals surface area contributed by atoms with Crippen LogP contribution in [0.5, 0.6) is 0 Å². The van der Waals surface area contributed by atoms with Gasteiger partial charge in [-0.2, -0.15) is 0 Å². The Morgan fingerprint density at radius 3 is 2.76 bits per heavy atom. The van der Waals surface area contributed by atoms with Gasteiger partial charge in [0.25, 0.3) is 0 Å². The van der Waals surface area contributed by atoms with E-state index < -0.39 is 5.41 Å². The molecular weight excluding hydrogens is 314 g/mol. The minimum atomic E-state index is -0.895. The number of carbonyl (C=O) groups excluding carboxylic acids is 2. The summed E-state index contributed by atoms with van der Waals surface area (Å²) in [7, 11) is 0. The molecule has 2 amide bonds. The van der Waals surface area contributed by atoms with Crippen molar-refractivity contribution in [3.8, 4) is 0 Å². The number of fused-ring (bicyclic) bond motifs is 1. The SMILES string of the molecule is CC1Cc2ccccc2N1C(=O)C1(C(=O)NCc2cccnc2)CC1. The van der Waals surface area contributed by atoms with E-state index in [4.69, 9.17) is 0 Å². The lowest BCUT2D eigenvalue weighted by atomic mass is 10.0. The molecule has 1 N–H and O–H groups in total. The Bertz CT molecular complexity index is 815. The number of hydrogen-bond donors (Lipinski definition) is 1. The number of hydrogen-bond acceptors (Lipinski definition) is 3. The van der Waals surface area contributed by atoms with Crippen molar-refractivity contribution in [1.29, 1.82) is 0 Å². The van der Waals surface area contributed by atoms with Gasteiger partial charge < -0.3 is 10.2 Å². The smallest absolute Gasteiger partial charge is 0.242 e. The average molecular weight is 335 g/mol. The number of anilines is 1. The van der Waals surface area contributed by atoms with Gasteiger partial charge in [0.15, 0.2) is 0 Å². The molecule has 5 heteroatoms. The van der Waals surface area contributed by atoms with E-state index in [1.807, 2.05) is 42.2 Å². The first-order chi connectivity index (χ1) is 12.1. The first kappa shape index (κ1) is 15.8. The Morgan fingerprint density at radius 1 is 1.24 bits per heavy atom. The van der Waals surface area contributed by atoms with Crippen LogP contribution in [0.2, 0.25) is 0 Å². The van der Waals surface area contributed by atoms with Gasteiger partial charge >= 0.3 is 0 Å². The molecule has 1 unspecified atom stereocenters. The number of carbonyl (C=O) groups is 2. The zero-order valence-corrected chi connectivity index (χ0v) is 14.2. The number of rotatable bonds is 4. The fourth-order valence-corrected chi connectivity index (χ4v) is 3.62. The molecule has 1 aliphatic heterocycles. The van der Waals surface area contributed by atoms with Crippen molar-refractivity contribution < 1.29 is 9.59 Å². The van der Waals surface area contributed by atoms with Gasteiger partial charge in [-0.3, -0.25) is 14.6 Å². The van der Waals surface area contributed by atoms with Gasteiger partial charge in [0.2, 0.25) is 11.8 Å². The average Bonchev–Trinajstić information content (AvgIpc) is 3.38. The highest BCUT2D eigenvalue weighted by Gasteiger charge is 2.59. The quantitative estimate of drug-likeness (QED) is 0.873. The second-order valence-corrected chi connectivity index (χ2v) is 6.98. The number of para-hydroxylation sites is 1. The molecule has 5 nitrogen and oxygen atoms in total. The van der Waals surface area contributed by atoms with Crippen molar-refractivity contribution in [1.82, 2.24) is 10.3 Å². The maximum absolute atomic E-state index is 13.2. The van der Waals surface area contributed by atoms with Crippen molar-refractivity contribution in [3.05, 3.63) is 59.9 Å². The summed E-state index contributed by atoms with van der Waals surface area (Å²) in [4.78, 5) is 31.8. The van der Waals surface area contributed by atoms with Crippen LogP contribution in [0.4, 0.5) is 5.69 Å². The van der Waals surface area contributed by atoms with Gasteiger partial charge in [-0.15, -0.1) is 0 Å². The zero-order valence-electron chi connectivity index (χ0n) is 14.2. The number of nitrogens with one attached hydrogen (secondary N) is 1. The summed E-state index contributed by atoms with van der Waals surface area (Å²) in [5, 5.41) is 2.92. The van der Waals surface area contributed by atoms with Crippen LogP contribution in [-0.2, 0) is 22.6 Å². The highest BCUT2D eigenvalue weighted by atomic mass is 16.2. The van der Waals surface area contributed by atoms with E-state index >= 15 is 0 Å². The second-order valence-electron chi connectivity index (χ2n) is 6.98. The highest BCUT2D eigenvalue weighted by molar-refractivity contribution is 6.14. The summed E-state index contributed by atoms with van der Waals surface area (Å²) in [5.74, 6) is -0.230. The van der Waals surface area contributed by atoms with Crippen LogP contribution in [0.3, 0.4) is 0 Å². The largest absolute Gasteiger partial charge is 0.351 e. The predicted molar refractivity (Wildman–Crippen MR) is 94.8 cm³/mol. The molecule has 1 fully saturated rings. The van der Waals surface area contributed by atoms with Gasteiger partial charge in [0.05, 0.1) is 0 Å². The lowest BCUT2D eigenvalue weighted by molar-refractivity contribution is -0.136. The van der Waals surface area contributed by atoms with E-state index in [9.17, 15) is 9.59 Å². The number of amides is 2. The highest BCUT2D eigenvalue weighted by Crippen LogP contribution is 2.49. The van der Waals surface area contributed by atoms with Crippen LogP contribution in [0.25, 0.3) is 0 Å². The number of benzene rings is 1. The Labute approximate surface area is 147 Å². The summed E-state index contributed by atoms with van der Waals surface area (Å²) in [6, 6.07) is 11.8. The summed E-state index contributed by atoms with van der Waals surface area (Å²) < 4.78 is 0. The van der Waals surface area contributed by atoms with Crippen molar-refractivity contribution >= 4 is 17.5 Å². The molecule has 0 bridgehead atoms. The Kier molecular flexibility index (Phi) is 3.79. The van der Waals surface area contributed by atoms with Gasteiger partial charge in [-0.25, -0.2) is 0 Å². The molecule has 1 saturated carbocycles. The van der Waals surface area contributed by atoms with Crippen LogP contribution >= 0.6 is 0 Å². The topological polar surface area (TPSA) is 62.3 Å². The summed E-state index contributed by atoms with van der Waals surface area (Å²) in [6.07, 6.45) is 5.51. The van der Waals surface area contributed by atoms with Gasteiger partial charge in [-0.05, 0) is 49.4 Å². The van der Waals surface area contributed by atoms with E-state index in [1.165, 1.54) is 5.56 Å². The van der Waals surface area contributed by atoms with Crippen molar-refractivity contribution in [3.63, 3.8) is 0 Å². The van der Waals surface area contributed by atoms with Crippen LogP contribution in [-0.4, -0.2) is 22.8 Å². The molecular formula is C20H21N3O2. The summed E-state index contributed by atoms with van der Waals surface area (Å²) in [6.45, 7) is 2.44.